The van der Waals surface area contributed by atoms with Gasteiger partial charge in [-0.1, -0.05) is 0 Å². The summed E-state index contributed by atoms with van der Waals surface area (Å²) < 4.78 is 18.5. The van der Waals surface area contributed by atoms with E-state index in [9.17, 15) is 24.3 Å². The van der Waals surface area contributed by atoms with E-state index < -0.39 is 12.1 Å². The maximum atomic E-state index is 11.7. The standard InChI is InChI=1S/C14H23NO9/c16-10-21-5-1-2-6-24-14(20)13(19)9-15(3-7-22-11-17)4-8-23-12-18/h10-13,19H,1-9H2. The first kappa shape index (κ1) is 21.8. The van der Waals surface area contributed by atoms with Crippen LogP contribution in [0.15, 0.2) is 0 Å². The van der Waals surface area contributed by atoms with Gasteiger partial charge >= 0.3 is 5.97 Å². The molecule has 10 heteroatoms. The van der Waals surface area contributed by atoms with Crippen LogP contribution in [0.4, 0.5) is 0 Å². The van der Waals surface area contributed by atoms with Gasteiger partial charge in [0, 0.05) is 19.6 Å². The third-order valence-electron chi connectivity index (χ3n) is 2.86. The molecule has 0 rings (SSSR count). The van der Waals surface area contributed by atoms with Gasteiger partial charge in [-0.15, -0.1) is 0 Å². The first-order valence-corrected chi connectivity index (χ1v) is 7.38. The minimum atomic E-state index is -1.39. The number of hydrogen-bond donors (Lipinski definition) is 1. The molecule has 0 aliphatic rings. The molecule has 0 aromatic rings. The summed E-state index contributed by atoms with van der Waals surface area (Å²) in [7, 11) is 0. The van der Waals surface area contributed by atoms with Gasteiger partial charge in [0.15, 0.2) is 6.10 Å². The summed E-state index contributed by atoms with van der Waals surface area (Å²) in [6, 6.07) is 0. The highest BCUT2D eigenvalue weighted by atomic mass is 16.5. The van der Waals surface area contributed by atoms with E-state index in [0.29, 0.717) is 32.3 Å². The minimum absolute atomic E-state index is 0.0580. The Hall–Kier alpha value is -2.20. The van der Waals surface area contributed by atoms with Crippen LogP contribution < -0.4 is 0 Å². The predicted molar refractivity (Wildman–Crippen MR) is 78.7 cm³/mol. The number of nitrogens with zero attached hydrogens (tertiary/aromatic N) is 1. The Morgan fingerprint density at radius 3 is 1.92 bits per heavy atom. The van der Waals surface area contributed by atoms with Crippen LogP contribution in [-0.4, -0.2) is 87.6 Å². The second-order valence-electron chi connectivity index (χ2n) is 4.59. The fourth-order valence-corrected chi connectivity index (χ4v) is 1.68. The van der Waals surface area contributed by atoms with Gasteiger partial charge in [0.05, 0.1) is 13.2 Å². The van der Waals surface area contributed by atoms with E-state index >= 15 is 0 Å². The van der Waals surface area contributed by atoms with Crippen molar-refractivity contribution in [3.8, 4) is 0 Å². The molecule has 10 nitrogen and oxygen atoms in total. The molecule has 0 amide bonds. The van der Waals surface area contributed by atoms with Crippen LogP contribution in [-0.2, 0) is 38.1 Å². The van der Waals surface area contributed by atoms with Crippen LogP contribution in [0.5, 0.6) is 0 Å². The molecule has 1 N–H and O–H groups in total. The first-order chi connectivity index (χ1) is 11.7. The molecule has 0 aromatic carbocycles. The number of esters is 1. The van der Waals surface area contributed by atoms with Crippen molar-refractivity contribution < 1.29 is 43.2 Å². The van der Waals surface area contributed by atoms with E-state index in [1.54, 1.807) is 4.90 Å². The zero-order chi connectivity index (χ0) is 18.0. The molecule has 0 fully saturated rings. The van der Waals surface area contributed by atoms with Gasteiger partial charge in [-0.05, 0) is 12.8 Å². The van der Waals surface area contributed by atoms with Gasteiger partial charge in [0.25, 0.3) is 19.4 Å². The molecule has 1 unspecified atom stereocenters. The van der Waals surface area contributed by atoms with Crippen LogP contribution in [0.3, 0.4) is 0 Å². The van der Waals surface area contributed by atoms with Gasteiger partial charge in [-0.25, -0.2) is 4.79 Å². The molecule has 0 spiro atoms. The second-order valence-corrected chi connectivity index (χ2v) is 4.59. The van der Waals surface area contributed by atoms with E-state index in [2.05, 4.69) is 14.2 Å². The van der Waals surface area contributed by atoms with Gasteiger partial charge in [0.2, 0.25) is 0 Å². The Morgan fingerprint density at radius 1 is 0.875 bits per heavy atom. The predicted octanol–water partition coefficient (Wildman–Crippen LogP) is -1.51. The van der Waals surface area contributed by atoms with Crippen LogP contribution in [0, 0.1) is 0 Å². The molecule has 0 aromatic heterocycles. The normalized spacial score (nSPS) is 11.4. The molecule has 24 heavy (non-hydrogen) atoms. The van der Waals surface area contributed by atoms with Crippen LogP contribution in [0.2, 0.25) is 0 Å². The molecular formula is C14H23NO9. The molecular weight excluding hydrogens is 326 g/mol. The Bertz CT molecular complexity index is 350. The lowest BCUT2D eigenvalue weighted by molar-refractivity contribution is -0.155. The third kappa shape index (κ3) is 12.4. The first-order valence-electron chi connectivity index (χ1n) is 7.38. The van der Waals surface area contributed by atoms with Crippen molar-refractivity contribution in [2.24, 2.45) is 0 Å². The van der Waals surface area contributed by atoms with E-state index in [-0.39, 0.29) is 46.1 Å². The van der Waals surface area contributed by atoms with Crippen LogP contribution in [0.1, 0.15) is 12.8 Å². The number of aliphatic hydroxyl groups is 1. The lowest BCUT2D eigenvalue weighted by atomic mass is 10.3. The van der Waals surface area contributed by atoms with Gasteiger partial charge in [-0.2, -0.15) is 0 Å². The Balaban J connectivity index is 4.07. The number of unbranched alkanes of at least 4 members (excludes halogenated alkanes) is 1. The highest BCUT2D eigenvalue weighted by Gasteiger charge is 2.20. The maximum Gasteiger partial charge on any atom is 0.336 e. The number of carbonyl (C=O) groups is 4. The smallest absolute Gasteiger partial charge is 0.336 e. The SMILES string of the molecule is O=COCCCCOC(=O)C(O)CN(CCOC=O)CCOC=O. The van der Waals surface area contributed by atoms with Crippen molar-refractivity contribution >= 4 is 25.4 Å². The summed E-state index contributed by atoms with van der Waals surface area (Å²) in [6.07, 6.45) is -0.347. The fourth-order valence-electron chi connectivity index (χ4n) is 1.68. The van der Waals surface area contributed by atoms with Crippen LogP contribution in [0.25, 0.3) is 0 Å². The lowest BCUT2D eigenvalue weighted by Crippen LogP contribution is -2.41. The van der Waals surface area contributed by atoms with Gasteiger partial charge in [-0.3, -0.25) is 19.3 Å². The van der Waals surface area contributed by atoms with Crippen molar-refractivity contribution in [2.45, 2.75) is 18.9 Å². The monoisotopic (exact) mass is 349 g/mol. The summed E-state index contributed by atoms with van der Waals surface area (Å²) in [4.78, 5) is 43.4. The van der Waals surface area contributed by atoms with Crippen molar-refractivity contribution in [1.82, 2.24) is 4.90 Å². The third-order valence-corrected chi connectivity index (χ3v) is 2.86. The summed E-state index contributed by atoms with van der Waals surface area (Å²) in [5, 5.41) is 9.83. The number of hydrogen-bond acceptors (Lipinski definition) is 10. The Kier molecular flexibility index (Phi) is 14.2. The molecule has 0 bridgehead atoms. The molecule has 0 aliphatic heterocycles. The molecule has 0 aliphatic carbocycles. The summed E-state index contributed by atoms with van der Waals surface area (Å²) in [6.45, 7) is 1.86. The molecule has 0 saturated carbocycles. The number of carbonyl (C=O) groups excluding carboxylic acids is 4. The second kappa shape index (κ2) is 15.7. The van der Waals surface area contributed by atoms with Gasteiger partial charge in [0.1, 0.15) is 13.2 Å². The lowest BCUT2D eigenvalue weighted by Gasteiger charge is -2.23. The molecule has 0 saturated heterocycles. The van der Waals surface area contributed by atoms with Crippen LogP contribution >= 0.6 is 0 Å². The van der Waals surface area contributed by atoms with E-state index in [0.717, 1.165) is 0 Å². The summed E-state index contributed by atoms with van der Waals surface area (Å²) >= 11 is 0. The largest absolute Gasteiger partial charge is 0.468 e. The quantitative estimate of drug-likeness (QED) is 0.143. The number of aliphatic hydroxyl groups excluding tert-OH is 1. The van der Waals surface area contributed by atoms with E-state index in [4.69, 9.17) is 4.74 Å². The van der Waals surface area contributed by atoms with E-state index in [1.807, 2.05) is 0 Å². The average molecular weight is 349 g/mol. The Morgan fingerprint density at radius 2 is 1.38 bits per heavy atom. The number of ether oxygens (including phenoxy) is 4. The summed E-state index contributed by atoms with van der Waals surface area (Å²) in [5.74, 6) is -0.788. The molecule has 1 atom stereocenters. The zero-order valence-electron chi connectivity index (χ0n) is 13.3. The maximum absolute atomic E-state index is 11.7. The zero-order valence-corrected chi connectivity index (χ0v) is 13.3. The highest BCUT2D eigenvalue weighted by Crippen LogP contribution is 1.98. The van der Waals surface area contributed by atoms with E-state index in [1.165, 1.54) is 0 Å². The molecule has 0 heterocycles. The van der Waals surface area contributed by atoms with Crippen molar-refractivity contribution in [3.05, 3.63) is 0 Å². The average Bonchev–Trinajstić information content (AvgIpc) is 2.57. The summed E-state index contributed by atoms with van der Waals surface area (Å²) in [5.41, 5.74) is 0. The van der Waals surface area contributed by atoms with Crippen molar-refractivity contribution in [2.75, 3.05) is 46.1 Å². The Labute approximate surface area is 139 Å². The van der Waals surface area contributed by atoms with Crippen molar-refractivity contribution in [1.29, 1.82) is 0 Å². The van der Waals surface area contributed by atoms with Gasteiger partial charge < -0.3 is 24.1 Å². The highest BCUT2D eigenvalue weighted by molar-refractivity contribution is 5.74. The fraction of sp³-hybridized carbons (Fsp3) is 0.714. The minimum Gasteiger partial charge on any atom is -0.468 e. The molecule has 0 radical (unpaired) electrons. The topological polar surface area (TPSA) is 129 Å². The molecule has 138 valence electrons. The van der Waals surface area contributed by atoms with Crippen molar-refractivity contribution in [3.63, 3.8) is 0 Å². The number of rotatable bonds is 17.